The van der Waals surface area contributed by atoms with Gasteiger partial charge >= 0.3 is 0 Å². The SMILES string of the molecule is CCOc1ccccc1OCC(=O)NCCc1cc2ccccc2o1. The van der Waals surface area contributed by atoms with E-state index in [1.165, 1.54) is 0 Å². The number of para-hydroxylation sites is 3. The first-order valence-corrected chi connectivity index (χ1v) is 8.35. The van der Waals surface area contributed by atoms with Gasteiger partial charge in [-0.2, -0.15) is 0 Å². The molecule has 0 aliphatic rings. The highest BCUT2D eigenvalue weighted by Gasteiger charge is 2.08. The molecule has 1 aromatic heterocycles. The summed E-state index contributed by atoms with van der Waals surface area (Å²) < 4.78 is 16.7. The Morgan fingerprint density at radius 2 is 1.76 bits per heavy atom. The van der Waals surface area contributed by atoms with Gasteiger partial charge in [-0.25, -0.2) is 0 Å². The van der Waals surface area contributed by atoms with Crippen LogP contribution in [0.4, 0.5) is 0 Å². The highest BCUT2D eigenvalue weighted by atomic mass is 16.5. The van der Waals surface area contributed by atoms with Crippen LogP contribution in [-0.2, 0) is 11.2 Å². The minimum Gasteiger partial charge on any atom is -0.490 e. The van der Waals surface area contributed by atoms with Crippen molar-refractivity contribution in [2.24, 2.45) is 0 Å². The predicted octanol–water partition coefficient (Wildman–Crippen LogP) is 3.57. The van der Waals surface area contributed by atoms with Crippen LogP contribution in [0.15, 0.2) is 59.0 Å². The summed E-state index contributed by atoms with van der Waals surface area (Å²) in [6.07, 6.45) is 0.635. The van der Waals surface area contributed by atoms with Crippen molar-refractivity contribution in [3.63, 3.8) is 0 Å². The molecular formula is C20H21NO4. The maximum absolute atomic E-state index is 11.9. The molecule has 0 saturated carbocycles. The first-order chi connectivity index (χ1) is 12.3. The number of fused-ring (bicyclic) bond motifs is 1. The molecule has 0 atom stereocenters. The Kier molecular flexibility index (Phi) is 5.57. The number of rotatable bonds is 8. The lowest BCUT2D eigenvalue weighted by Crippen LogP contribution is -2.30. The van der Waals surface area contributed by atoms with Gasteiger partial charge in [-0.3, -0.25) is 4.79 Å². The molecule has 5 heteroatoms. The number of carbonyl (C=O) groups excluding carboxylic acids is 1. The maximum atomic E-state index is 11.9. The van der Waals surface area contributed by atoms with Gasteiger partial charge in [0, 0.05) is 18.4 Å². The zero-order valence-corrected chi connectivity index (χ0v) is 14.2. The average Bonchev–Trinajstić information content (AvgIpc) is 3.04. The Balaban J connectivity index is 1.45. The highest BCUT2D eigenvalue weighted by Crippen LogP contribution is 2.26. The number of ether oxygens (including phenoxy) is 2. The van der Waals surface area contributed by atoms with Crippen molar-refractivity contribution in [3.05, 3.63) is 60.4 Å². The summed E-state index contributed by atoms with van der Waals surface area (Å²) in [4.78, 5) is 11.9. The van der Waals surface area contributed by atoms with E-state index in [9.17, 15) is 4.79 Å². The lowest BCUT2D eigenvalue weighted by Gasteiger charge is -2.11. The lowest BCUT2D eigenvalue weighted by molar-refractivity contribution is -0.123. The highest BCUT2D eigenvalue weighted by molar-refractivity contribution is 5.78. The van der Waals surface area contributed by atoms with Crippen molar-refractivity contribution in [1.29, 1.82) is 0 Å². The Morgan fingerprint density at radius 1 is 1.04 bits per heavy atom. The van der Waals surface area contributed by atoms with Crippen LogP contribution in [-0.4, -0.2) is 25.7 Å². The zero-order chi connectivity index (χ0) is 17.5. The molecule has 3 rings (SSSR count). The van der Waals surface area contributed by atoms with Gasteiger partial charge in [0.05, 0.1) is 6.61 Å². The van der Waals surface area contributed by atoms with E-state index in [-0.39, 0.29) is 12.5 Å². The molecular weight excluding hydrogens is 318 g/mol. The summed E-state index contributed by atoms with van der Waals surface area (Å²) in [5, 5.41) is 3.90. The van der Waals surface area contributed by atoms with Gasteiger partial charge in [0.1, 0.15) is 11.3 Å². The number of carbonyl (C=O) groups is 1. The second-order valence-corrected chi connectivity index (χ2v) is 5.52. The first kappa shape index (κ1) is 16.9. The third-order valence-electron chi connectivity index (χ3n) is 3.68. The molecule has 0 radical (unpaired) electrons. The van der Waals surface area contributed by atoms with E-state index in [4.69, 9.17) is 13.9 Å². The standard InChI is InChI=1S/C20H21NO4/c1-2-23-18-9-5-6-10-19(18)24-14-20(22)21-12-11-16-13-15-7-3-4-8-17(15)25-16/h3-10,13H,2,11-12,14H2,1H3,(H,21,22). The van der Waals surface area contributed by atoms with Crippen molar-refractivity contribution in [2.75, 3.05) is 19.8 Å². The van der Waals surface area contributed by atoms with E-state index >= 15 is 0 Å². The minimum absolute atomic E-state index is 0.0514. The van der Waals surface area contributed by atoms with Crippen molar-refractivity contribution >= 4 is 16.9 Å². The molecule has 130 valence electrons. The second kappa shape index (κ2) is 8.24. The fraction of sp³-hybridized carbons (Fsp3) is 0.250. The second-order valence-electron chi connectivity index (χ2n) is 5.52. The third-order valence-corrected chi connectivity index (χ3v) is 3.68. The van der Waals surface area contributed by atoms with Crippen LogP contribution in [0.3, 0.4) is 0 Å². The van der Waals surface area contributed by atoms with Crippen LogP contribution in [0.25, 0.3) is 11.0 Å². The fourth-order valence-corrected chi connectivity index (χ4v) is 2.52. The molecule has 1 N–H and O–H groups in total. The van der Waals surface area contributed by atoms with E-state index in [0.717, 1.165) is 16.7 Å². The minimum atomic E-state index is -0.178. The van der Waals surface area contributed by atoms with Crippen LogP contribution in [0.2, 0.25) is 0 Å². The molecule has 0 aliphatic heterocycles. The van der Waals surface area contributed by atoms with Crippen LogP contribution in [0.1, 0.15) is 12.7 Å². The molecule has 0 saturated heterocycles. The lowest BCUT2D eigenvalue weighted by atomic mass is 10.2. The number of benzene rings is 2. The quantitative estimate of drug-likeness (QED) is 0.681. The predicted molar refractivity (Wildman–Crippen MR) is 96.0 cm³/mol. The molecule has 1 heterocycles. The Bertz CT molecular complexity index is 807. The van der Waals surface area contributed by atoms with Crippen LogP contribution >= 0.6 is 0 Å². The van der Waals surface area contributed by atoms with Crippen molar-refractivity contribution in [1.82, 2.24) is 5.32 Å². The molecule has 0 fully saturated rings. The normalized spacial score (nSPS) is 10.6. The summed E-state index contributed by atoms with van der Waals surface area (Å²) in [6.45, 7) is 2.89. The summed E-state index contributed by atoms with van der Waals surface area (Å²) >= 11 is 0. The molecule has 3 aromatic rings. The van der Waals surface area contributed by atoms with E-state index < -0.39 is 0 Å². The van der Waals surface area contributed by atoms with E-state index in [1.807, 2.05) is 55.5 Å². The van der Waals surface area contributed by atoms with E-state index in [0.29, 0.717) is 31.1 Å². The summed E-state index contributed by atoms with van der Waals surface area (Å²) in [6, 6.07) is 17.2. The topological polar surface area (TPSA) is 60.7 Å². The maximum Gasteiger partial charge on any atom is 0.257 e. The molecule has 0 spiro atoms. The molecule has 1 amide bonds. The van der Waals surface area contributed by atoms with Crippen molar-refractivity contribution in [3.8, 4) is 11.5 Å². The van der Waals surface area contributed by atoms with Crippen molar-refractivity contribution < 1.29 is 18.7 Å². The summed E-state index contributed by atoms with van der Waals surface area (Å²) in [5.41, 5.74) is 0.861. The van der Waals surface area contributed by atoms with Crippen LogP contribution < -0.4 is 14.8 Å². The molecule has 0 bridgehead atoms. The molecule has 25 heavy (non-hydrogen) atoms. The Morgan fingerprint density at radius 3 is 2.52 bits per heavy atom. The number of furan rings is 1. The van der Waals surface area contributed by atoms with Gasteiger partial charge in [0.2, 0.25) is 0 Å². The van der Waals surface area contributed by atoms with Gasteiger partial charge in [0.25, 0.3) is 5.91 Å². The molecule has 0 aliphatic carbocycles. The summed E-state index contributed by atoms with van der Waals surface area (Å²) in [7, 11) is 0. The molecule has 5 nitrogen and oxygen atoms in total. The van der Waals surface area contributed by atoms with Gasteiger partial charge < -0.3 is 19.2 Å². The largest absolute Gasteiger partial charge is 0.490 e. The van der Waals surface area contributed by atoms with Crippen LogP contribution in [0, 0.1) is 0 Å². The van der Waals surface area contributed by atoms with Gasteiger partial charge in [-0.05, 0) is 31.2 Å². The number of hydrogen-bond acceptors (Lipinski definition) is 4. The molecule has 2 aromatic carbocycles. The van der Waals surface area contributed by atoms with Gasteiger partial charge in [-0.15, -0.1) is 0 Å². The zero-order valence-electron chi connectivity index (χ0n) is 14.2. The first-order valence-electron chi connectivity index (χ1n) is 8.35. The Hall–Kier alpha value is -2.95. The summed E-state index contributed by atoms with van der Waals surface area (Å²) in [5.74, 6) is 1.88. The van der Waals surface area contributed by atoms with Crippen LogP contribution in [0.5, 0.6) is 11.5 Å². The molecule has 0 unspecified atom stereocenters. The number of nitrogens with one attached hydrogen (secondary N) is 1. The van der Waals surface area contributed by atoms with Gasteiger partial charge in [-0.1, -0.05) is 30.3 Å². The Labute approximate surface area is 146 Å². The number of amides is 1. The third kappa shape index (κ3) is 4.53. The van der Waals surface area contributed by atoms with Gasteiger partial charge in [0.15, 0.2) is 18.1 Å². The van der Waals surface area contributed by atoms with Crippen molar-refractivity contribution in [2.45, 2.75) is 13.3 Å². The smallest absolute Gasteiger partial charge is 0.257 e. The fourth-order valence-electron chi connectivity index (χ4n) is 2.52. The van der Waals surface area contributed by atoms with E-state index in [1.54, 1.807) is 6.07 Å². The average molecular weight is 339 g/mol. The monoisotopic (exact) mass is 339 g/mol. The van der Waals surface area contributed by atoms with E-state index in [2.05, 4.69) is 5.32 Å². The number of hydrogen-bond donors (Lipinski definition) is 1.